The van der Waals surface area contributed by atoms with Gasteiger partial charge >= 0.3 is 5.97 Å². The zero-order chi connectivity index (χ0) is 23.3. The molecule has 0 atom stereocenters. The van der Waals surface area contributed by atoms with Crippen molar-refractivity contribution in [3.05, 3.63) is 0 Å². The molecule has 0 bridgehead atoms. The van der Waals surface area contributed by atoms with Gasteiger partial charge in [-0.05, 0) is 47.6 Å². The van der Waals surface area contributed by atoms with Crippen molar-refractivity contribution >= 4 is 5.97 Å². The second-order valence-electron chi connectivity index (χ2n) is 5.90. The second-order valence-corrected chi connectivity index (χ2v) is 5.90. The summed E-state index contributed by atoms with van der Waals surface area (Å²) in [5, 5.41) is 3.84. The van der Waals surface area contributed by atoms with Gasteiger partial charge in [-0.15, -0.1) is 0 Å². The zero-order valence-electron chi connectivity index (χ0n) is 21.9. The maximum absolute atomic E-state index is 10.9. The summed E-state index contributed by atoms with van der Waals surface area (Å²) < 4.78 is 62.0. The highest BCUT2D eigenvalue weighted by molar-refractivity contribution is 5.68. The molecule has 0 aromatic carbocycles. The Morgan fingerprint density at radius 1 is 1.56 bits per heavy atom. The van der Waals surface area contributed by atoms with Crippen molar-refractivity contribution in [3.63, 3.8) is 0 Å². The Bertz CT molecular complexity index is 294. The summed E-state index contributed by atoms with van der Waals surface area (Å²) in [6.07, 6.45) is 1.78. The van der Waals surface area contributed by atoms with Crippen LogP contribution in [0.1, 0.15) is 55.4 Å². The predicted octanol–water partition coefficient (Wildman–Crippen LogP) is 2.97. The highest BCUT2D eigenvalue weighted by Gasteiger charge is 2.43. The normalized spacial score (nSPS) is 28.7. The molecule has 1 heterocycles. The molecular weight excluding hydrogens is 206 g/mol. The summed E-state index contributed by atoms with van der Waals surface area (Å²) in [4.78, 5) is 13.2. The van der Waals surface area contributed by atoms with Crippen LogP contribution in [0.25, 0.3) is 1.43 Å². The number of aliphatic carboxylic acids is 1. The van der Waals surface area contributed by atoms with Crippen LogP contribution in [0, 0.1) is 0 Å². The summed E-state index contributed by atoms with van der Waals surface area (Å²) in [7, 11) is 2.12. The van der Waals surface area contributed by atoms with E-state index in [-0.39, 0.29) is 23.8 Å². The minimum Gasteiger partial charge on any atom is -0.480 e. The van der Waals surface area contributed by atoms with Crippen LogP contribution < -0.4 is 0 Å². The van der Waals surface area contributed by atoms with Crippen LogP contribution in [0.5, 0.6) is 0 Å². The molecule has 1 aliphatic rings. The van der Waals surface area contributed by atoms with Gasteiger partial charge in [-0.3, -0.25) is 4.90 Å². The van der Waals surface area contributed by atoms with E-state index in [9.17, 15) is 4.79 Å². The van der Waals surface area contributed by atoms with Gasteiger partial charge in [-0.25, -0.2) is 4.79 Å². The zero-order valence-corrected chi connectivity index (χ0v) is 10.9. The highest BCUT2D eigenvalue weighted by Crippen LogP contribution is 2.37. The fourth-order valence-corrected chi connectivity index (χ4v) is 2.58. The van der Waals surface area contributed by atoms with E-state index in [1.807, 2.05) is 0 Å². The van der Waals surface area contributed by atoms with E-state index < -0.39 is 5.97 Å². The summed E-state index contributed by atoms with van der Waals surface area (Å²) in [5.41, 5.74) is 0.0779. The lowest BCUT2D eigenvalue weighted by molar-refractivity contribution is -0.150. The van der Waals surface area contributed by atoms with E-state index in [2.05, 4.69) is 44.8 Å². The Balaban J connectivity index is -0.000000139. The first-order valence-corrected chi connectivity index (χ1v) is 5.70. The average molecular weight is 261 g/mol. The number of carboxylic acids is 1. The highest BCUT2D eigenvalue weighted by atomic mass is 16.5. The topological polar surface area (TPSA) is 49.8 Å². The van der Waals surface area contributed by atoms with E-state index in [0.29, 0.717) is 0 Å². The van der Waals surface area contributed by atoms with Gasteiger partial charge in [0.2, 0.25) is 0 Å². The molecule has 4 heteroatoms. The van der Waals surface area contributed by atoms with Gasteiger partial charge in [0.1, 0.15) is 6.61 Å². The molecule has 104 valence electrons. The van der Waals surface area contributed by atoms with Gasteiger partial charge in [0.05, 0.1) is 6.10 Å². The van der Waals surface area contributed by atoms with Crippen LogP contribution in [-0.2, 0) is 9.53 Å². The molecule has 0 spiro atoms. The Labute approximate surface area is 114 Å². The van der Waals surface area contributed by atoms with Gasteiger partial charge in [0.15, 0.2) is 0 Å². The molecule has 0 aliphatic carbocycles. The Morgan fingerprint density at radius 3 is 2.50 bits per heavy atom. The average Bonchev–Trinajstić information content (AvgIpc) is 2.71. The van der Waals surface area contributed by atoms with E-state index >= 15 is 0 Å². The van der Waals surface area contributed by atoms with Crippen molar-refractivity contribution in [1.82, 2.24) is 4.90 Å². The number of likely N-dealkylation sites (tertiary alicyclic amines) is 1. The lowest BCUT2D eigenvalue weighted by Gasteiger charge is -2.53. The largest absolute Gasteiger partial charge is 0.480 e. The third-order valence-corrected chi connectivity index (χ3v) is 3.71. The molecule has 1 fully saturated rings. The van der Waals surface area contributed by atoms with Crippen LogP contribution in [0.2, 0.25) is 0 Å². The molecule has 0 radical (unpaired) electrons. The van der Waals surface area contributed by atoms with Crippen LogP contribution in [0.3, 0.4) is 0 Å². The summed E-state index contributed by atoms with van der Waals surface area (Å²) >= 11 is 0. The molecule has 1 N–H and O–H groups in total. The van der Waals surface area contributed by atoms with Crippen LogP contribution >= 0.6 is 0 Å². The minimum atomic E-state index is -0.639. The van der Waals surface area contributed by atoms with Crippen molar-refractivity contribution in [2.75, 3.05) is 13.7 Å². The third-order valence-electron chi connectivity index (χ3n) is 3.71. The molecule has 0 aromatic heterocycles. The monoisotopic (exact) mass is 261 g/mol. The van der Waals surface area contributed by atoms with Gasteiger partial charge in [-0.2, -0.15) is 0 Å². The lowest BCUT2D eigenvalue weighted by Crippen LogP contribution is -2.60. The first-order valence-electron chi connectivity index (χ1n) is 11.1. The smallest absolute Gasteiger partial charge is 0.329 e. The molecule has 1 aliphatic heterocycles. The number of carboxylic acid groups (broad SMARTS) is 1. The molecule has 0 unspecified atom stereocenters. The number of hydrogen-bond acceptors (Lipinski definition) is 4. The number of ether oxygens (including phenoxy) is 1. The minimum absolute atomic E-state index is 0.0373. The summed E-state index contributed by atoms with van der Waals surface area (Å²) in [6.45, 7) is 8.56. The van der Waals surface area contributed by atoms with Gasteiger partial charge in [0, 0.05) is 25.9 Å². The quantitative estimate of drug-likeness (QED) is 0.848. The van der Waals surface area contributed by atoms with E-state index in [4.69, 9.17) is 21.0 Å². The number of hydrogen-bond donors (Lipinski definition) is 1. The fraction of sp³-hybridized carbons (Fsp3) is 0.917. The van der Waals surface area contributed by atoms with Crippen molar-refractivity contribution in [2.24, 2.45) is 0 Å². The second kappa shape index (κ2) is 4.34. The van der Waals surface area contributed by atoms with Crippen LogP contribution in [0.15, 0.2) is 0 Å². The SMILES string of the molecule is [3H]OC(=O)COC1CC(C)(C)N(C)C(C)(C)C1.[3H][3H].[3H][3H].[3H][3H].[3H][3H].[3H][3H]. The number of rotatable bonds is 3. The maximum atomic E-state index is 10.9. The van der Waals surface area contributed by atoms with Gasteiger partial charge in [-0.1, -0.05) is 0 Å². The molecule has 0 saturated carbocycles. The first-order chi connectivity index (χ1) is 12.7. The summed E-state index contributed by atoms with van der Waals surface area (Å²) in [5.74, 6) is -0.639. The third kappa shape index (κ3) is 2.95. The van der Waals surface area contributed by atoms with Crippen molar-refractivity contribution in [3.8, 4) is 0 Å². The maximum Gasteiger partial charge on any atom is 0.329 e. The van der Waals surface area contributed by atoms with Crippen molar-refractivity contribution in [1.29, 1.82) is 1.43 Å². The fourth-order valence-electron chi connectivity index (χ4n) is 2.58. The Kier molecular flexibility index (Phi) is 1.89. The molecule has 0 amide bonds. The van der Waals surface area contributed by atoms with E-state index in [1.165, 1.54) is 0 Å². The number of piperidine rings is 1. The van der Waals surface area contributed by atoms with Crippen LogP contribution in [-0.4, -0.2) is 46.8 Å². The number of carbonyl (C=O) groups is 1. The van der Waals surface area contributed by atoms with Gasteiger partial charge < -0.3 is 9.85 Å². The van der Waals surface area contributed by atoms with E-state index in [1.54, 1.807) is 0 Å². The van der Waals surface area contributed by atoms with Crippen molar-refractivity contribution in [2.45, 2.75) is 57.7 Å². The summed E-state index contributed by atoms with van der Waals surface area (Å²) in [6, 6.07) is 0. The van der Waals surface area contributed by atoms with Crippen molar-refractivity contribution < 1.29 is 29.5 Å². The van der Waals surface area contributed by atoms with Crippen LogP contribution in [0.4, 0.5) is 0 Å². The molecule has 1 saturated heterocycles. The van der Waals surface area contributed by atoms with Gasteiger partial charge in [0.25, 0.3) is 1.43 Å². The standard InChI is InChI=1S/C12H23NO3.5H2/c1-11(2)6-9(16-8-10(14)15)7-12(3,4)13(11)5;;;;;/h9H,6-8H2,1-5H3,(H,14,15);5*1H/i;5*1+2T/hT. The Hall–Kier alpha value is -0.610. The first kappa shape index (κ1) is 6.97. The Morgan fingerprint density at radius 2 is 2.06 bits per heavy atom. The van der Waals surface area contributed by atoms with E-state index in [0.717, 1.165) is 12.8 Å². The molecule has 4 nitrogen and oxygen atoms in total. The molecule has 0 aromatic rings. The molecule has 16 heavy (non-hydrogen) atoms. The predicted molar refractivity (Wildman–Crippen MR) is 73.1 cm³/mol. The molecular formula is C12H33NO3. The lowest BCUT2D eigenvalue weighted by atomic mass is 9.79. The molecule has 1 rings (SSSR count). The number of nitrogens with zero attached hydrogens (tertiary/aromatic N) is 1.